The lowest BCUT2D eigenvalue weighted by Gasteiger charge is -2.36. The summed E-state index contributed by atoms with van der Waals surface area (Å²) in [5.74, 6) is 0. The van der Waals surface area contributed by atoms with Crippen LogP contribution in [0.4, 0.5) is 34.1 Å². The second-order valence-corrected chi connectivity index (χ2v) is 23.5. The van der Waals surface area contributed by atoms with Crippen LogP contribution in [0, 0.1) is 0 Å². The highest BCUT2D eigenvalue weighted by atomic mass is 15.1. The Kier molecular flexibility index (Phi) is 10.3. The van der Waals surface area contributed by atoms with Crippen molar-refractivity contribution in [3.8, 4) is 33.4 Å². The zero-order valence-corrected chi connectivity index (χ0v) is 46.0. The van der Waals surface area contributed by atoms with Gasteiger partial charge < -0.3 is 9.80 Å². The van der Waals surface area contributed by atoms with E-state index in [1.165, 1.54) is 110 Å². The first kappa shape index (κ1) is 47.3. The molecule has 0 amide bonds. The van der Waals surface area contributed by atoms with Crippen LogP contribution in [0.3, 0.4) is 0 Å². The summed E-state index contributed by atoms with van der Waals surface area (Å²) in [6, 6.07) is 105. The molecule has 0 fully saturated rings. The lowest BCUT2D eigenvalue weighted by molar-refractivity contribution is 0.660. The molecule has 0 aromatic heterocycles. The van der Waals surface area contributed by atoms with Crippen LogP contribution in [0.2, 0.25) is 0 Å². The summed E-state index contributed by atoms with van der Waals surface area (Å²) in [6.07, 6.45) is 0. The van der Waals surface area contributed by atoms with Crippen molar-refractivity contribution in [1.82, 2.24) is 0 Å². The number of anilines is 6. The van der Waals surface area contributed by atoms with Gasteiger partial charge in [0.05, 0.1) is 11.1 Å². The van der Waals surface area contributed by atoms with Crippen molar-refractivity contribution < 1.29 is 0 Å². The lowest BCUT2D eigenvalue weighted by Crippen LogP contribution is -2.29. The molecular weight excluding hydrogens is 977 g/mol. The lowest BCUT2D eigenvalue weighted by atomic mass is 9.66. The van der Waals surface area contributed by atoms with Crippen LogP contribution in [-0.4, -0.2) is 0 Å². The van der Waals surface area contributed by atoms with Crippen LogP contribution < -0.4 is 9.80 Å². The molecule has 2 heteroatoms. The van der Waals surface area contributed by atoms with Crippen molar-refractivity contribution in [2.75, 3.05) is 9.80 Å². The van der Waals surface area contributed by atoms with E-state index in [4.69, 9.17) is 0 Å². The first-order valence-corrected chi connectivity index (χ1v) is 28.6. The molecule has 0 heterocycles. The van der Waals surface area contributed by atoms with Gasteiger partial charge in [-0.1, -0.05) is 240 Å². The smallest absolute Gasteiger partial charge is 0.0720 e. The molecule has 3 aliphatic carbocycles. The zero-order valence-electron chi connectivity index (χ0n) is 46.0. The summed E-state index contributed by atoms with van der Waals surface area (Å²) in [5, 5.41) is 7.36. The average Bonchev–Trinajstić information content (AvgIpc) is 1.97. The van der Waals surface area contributed by atoms with E-state index in [0.717, 1.165) is 34.1 Å². The third-order valence-corrected chi connectivity index (χ3v) is 18.7. The molecule has 81 heavy (non-hydrogen) atoms. The molecule has 13 aromatic carbocycles. The first-order chi connectivity index (χ1) is 39.7. The minimum absolute atomic E-state index is 0.148. The van der Waals surface area contributed by atoms with E-state index < -0.39 is 5.41 Å². The van der Waals surface area contributed by atoms with Crippen molar-refractivity contribution in [1.29, 1.82) is 0 Å². The molecule has 3 aliphatic rings. The Balaban J connectivity index is 0.993. The van der Waals surface area contributed by atoms with Crippen LogP contribution in [0.15, 0.2) is 279 Å². The molecule has 0 saturated heterocycles. The predicted octanol–water partition coefficient (Wildman–Crippen LogP) is 21.1. The quantitative estimate of drug-likeness (QED) is 0.140. The molecule has 0 bridgehead atoms. The normalized spacial score (nSPS) is 14.5. The molecule has 16 rings (SSSR count). The largest absolute Gasteiger partial charge is 0.310 e. The summed E-state index contributed by atoms with van der Waals surface area (Å²) in [4.78, 5) is 5.00. The topological polar surface area (TPSA) is 6.48 Å². The Labute approximate surface area is 474 Å². The van der Waals surface area contributed by atoms with Gasteiger partial charge in [0.2, 0.25) is 0 Å². The minimum Gasteiger partial charge on any atom is -0.310 e. The van der Waals surface area contributed by atoms with E-state index in [9.17, 15) is 0 Å². The summed E-state index contributed by atoms with van der Waals surface area (Å²) in [5.41, 5.74) is 24.0. The van der Waals surface area contributed by atoms with E-state index in [2.05, 4.69) is 317 Å². The molecule has 0 N–H and O–H groups in total. The van der Waals surface area contributed by atoms with Crippen LogP contribution in [0.5, 0.6) is 0 Å². The number of fused-ring (bicyclic) bond motifs is 16. The number of hydrogen-bond acceptors (Lipinski definition) is 2. The second kappa shape index (κ2) is 17.6. The number of nitrogens with zero attached hydrogens (tertiary/aromatic N) is 2. The first-order valence-electron chi connectivity index (χ1n) is 28.6. The molecule has 2 nitrogen and oxygen atoms in total. The van der Waals surface area contributed by atoms with Gasteiger partial charge in [0, 0.05) is 44.7 Å². The van der Waals surface area contributed by atoms with E-state index in [1.54, 1.807) is 0 Å². The van der Waals surface area contributed by atoms with Gasteiger partial charge in [-0.15, -0.1) is 0 Å². The summed E-state index contributed by atoms with van der Waals surface area (Å²) >= 11 is 0. The highest BCUT2D eigenvalue weighted by molar-refractivity contribution is 6.24. The summed E-state index contributed by atoms with van der Waals surface area (Å²) in [7, 11) is 0. The monoisotopic (exact) mass is 1030 g/mol. The van der Waals surface area contributed by atoms with Crippen molar-refractivity contribution in [2.45, 2.75) is 43.9 Å². The van der Waals surface area contributed by atoms with Crippen LogP contribution >= 0.6 is 0 Å². The van der Waals surface area contributed by atoms with Crippen LogP contribution in [0.25, 0.3) is 65.7 Å². The standard InChI is InChI=1S/C79H58N2/c1-77(2)68-39-23-21-34-59(68)61-44-41-56(48-70(61)77)80(53-29-13-7-14-30-53)55-43-46-66-67(47-55)58-33-17-19-37-64(58)75-74-65-38-20-18-36-63(65)73(50-72(74)79(76(66)75,51-25-9-5-10-26-51)52-27-11-6-12-28-52)81(54-31-15-8-16-32-54)57-42-45-62-60-35-22-24-40-69(60)78(3,4)71(62)49-57/h5-50H,1-4H3. The van der Waals surface area contributed by atoms with Gasteiger partial charge in [0.1, 0.15) is 0 Å². The third kappa shape index (κ3) is 6.68. The highest BCUT2D eigenvalue weighted by Gasteiger charge is 2.50. The molecule has 13 aromatic rings. The number of para-hydroxylation sites is 2. The van der Waals surface area contributed by atoms with E-state index in [-0.39, 0.29) is 10.8 Å². The zero-order chi connectivity index (χ0) is 54.2. The highest BCUT2D eigenvalue weighted by Crippen LogP contribution is 2.64. The number of rotatable bonds is 8. The molecule has 0 spiro atoms. The molecular formula is C79H58N2. The Hall–Kier alpha value is -9.76. The fourth-order valence-corrected chi connectivity index (χ4v) is 15.0. The second-order valence-electron chi connectivity index (χ2n) is 23.5. The van der Waals surface area contributed by atoms with Gasteiger partial charge >= 0.3 is 0 Å². The fraction of sp³-hybridized carbons (Fsp3) is 0.0886. The SMILES string of the molecule is CC1(C)c2ccccc2-c2ccc(N(c3ccccc3)c3ccc4c5c(c6ccccc6c4c3)-c3c(cc(N(c4ccccc4)c4ccc6c(c4)C(C)(C)c4ccccc4-6)c4ccccc34)C5(c3ccccc3)c3ccccc3)cc21. The Morgan fingerprint density at radius 1 is 0.247 bits per heavy atom. The minimum atomic E-state index is -0.751. The Morgan fingerprint density at radius 2 is 0.654 bits per heavy atom. The molecule has 384 valence electrons. The Bertz CT molecular complexity index is 4650. The molecule has 0 saturated carbocycles. The van der Waals surface area contributed by atoms with Crippen molar-refractivity contribution >= 4 is 66.4 Å². The van der Waals surface area contributed by atoms with Crippen molar-refractivity contribution in [3.05, 3.63) is 324 Å². The molecule has 0 radical (unpaired) electrons. The van der Waals surface area contributed by atoms with E-state index in [0.29, 0.717) is 0 Å². The Morgan fingerprint density at radius 3 is 1.21 bits per heavy atom. The van der Waals surface area contributed by atoms with Crippen LogP contribution in [-0.2, 0) is 16.2 Å². The molecule has 0 atom stereocenters. The average molecular weight is 1040 g/mol. The number of benzene rings is 13. The van der Waals surface area contributed by atoms with Gasteiger partial charge in [-0.2, -0.15) is 0 Å². The maximum atomic E-state index is 2.58. The van der Waals surface area contributed by atoms with Crippen LogP contribution in [0.1, 0.15) is 72.2 Å². The van der Waals surface area contributed by atoms with Gasteiger partial charge in [0.25, 0.3) is 0 Å². The van der Waals surface area contributed by atoms with Gasteiger partial charge in [0.15, 0.2) is 0 Å². The summed E-state index contributed by atoms with van der Waals surface area (Å²) < 4.78 is 0. The maximum Gasteiger partial charge on any atom is 0.0720 e. The van der Waals surface area contributed by atoms with E-state index >= 15 is 0 Å². The van der Waals surface area contributed by atoms with Crippen molar-refractivity contribution in [2.24, 2.45) is 0 Å². The van der Waals surface area contributed by atoms with Crippen molar-refractivity contribution in [3.63, 3.8) is 0 Å². The third-order valence-electron chi connectivity index (χ3n) is 18.7. The molecule has 0 aliphatic heterocycles. The maximum absolute atomic E-state index is 2.58. The fourth-order valence-electron chi connectivity index (χ4n) is 15.0. The molecule has 0 unspecified atom stereocenters. The summed E-state index contributed by atoms with van der Waals surface area (Å²) in [6.45, 7) is 9.51. The predicted molar refractivity (Wildman–Crippen MR) is 341 cm³/mol. The van der Waals surface area contributed by atoms with Gasteiger partial charge in [-0.25, -0.2) is 0 Å². The van der Waals surface area contributed by atoms with E-state index in [1.807, 2.05) is 0 Å². The number of hydrogen-bond donors (Lipinski definition) is 0. The van der Waals surface area contributed by atoms with Gasteiger partial charge in [-0.3, -0.25) is 0 Å². The van der Waals surface area contributed by atoms with Gasteiger partial charge in [-0.05, 0) is 172 Å².